The summed E-state index contributed by atoms with van der Waals surface area (Å²) in [6.07, 6.45) is 12.6. The van der Waals surface area contributed by atoms with Crippen LogP contribution in [0.1, 0.15) is 162 Å². The van der Waals surface area contributed by atoms with Crippen molar-refractivity contribution in [2.24, 2.45) is 0 Å². The second-order valence-electron chi connectivity index (χ2n) is 29.5. The Hall–Kier alpha value is -9.64. The molecule has 0 saturated heterocycles. The van der Waals surface area contributed by atoms with Crippen LogP contribution in [0.3, 0.4) is 0 Å². The van der Waals surface area contributed by atoms with E-state index < -0.39 is 5.41 Å². The van der Waals surface area contributed by atoms with Gasteiger partial charge in [0.05, 0.1) is 16.8 Å². The van der Waals surface area contributed by atoms with Crippen LogP contribution in [-0.2, 0) is 16.2 Å². The third kappa shape index (κ3) is 8.62. The molecule has 0 atom stereocenters. The number of anilines is 6. The fourth-order valence-corrected chi connectivity index (χ4v) is 17.6. The van der Waals surface area contributed by atoms with Crippen molar-refractivity contribution >= 4 is 99.5 Å². The summed E-state index contributed by atoms with van der Waals surface area (Å²) >= 11 is 0. The Morgan fingerprint density at radius 1 is 0.323 bits per heavy atom. The number of hydrogen-bond donors (Lipinski definition) is 0. The van der Waals surface area contributed by atoms with Crippen molar-refractivity contribution in [1.29, 1.82) is 0 Å². The van der Waals surface area contributed by atoms with Crippen LogP contribution in [0.4, 0.5) is 34.1 Å². The van der Waals surface area contributed by atoms with Gasteiger partial charge < -0.3 is 18.6 Å². The standard InChI is InChI=1S/C89H78N2O2/c1-87(2,3)59-41-49-77-75(53-59)76-54-60(88(4,5)6)42-50-78(76)89(77)81-65-47-43-63(90(61-27-15-9-16-28-61)79-37-21-35-73-71-33-19-31-67(83(71)92-85(73)79)55-23-11-7-12-24-55)51-57(65)39-45-69(81)70-46-40-58-52-64(44-48-66(58)82(70)89)91(62-29-17-10-18-30-62)80-38-22-36-74-72-34-20-32-68(84(72)93-86(74)80)56-25-13-8-14-26-56/h9-10,15-22,27-56H,7-8,11-14,23-26H2,1-6H3. The SMILES string of the molecule is CC(C)(C)c1ccc2c(c1)-c1cc(C(C)(C)C)ccc1C21c2c(ccc3cc(N(c4ccccc4)c4cccc5c4oc4c(C6CCCCC6)cccc45)ccc23)-c2ccc3cc(N(c4ccccc4)c4cccc5c4oc4c(C6CCCCC6)cccc45)ccc3c21. The highest BCUT2D eigenvalue weighted by atomic mass is 16.3. The zero-order valence-corrected chi connectivity index (χ0v) is 54.4. The van der Waals surface area contributed by atoms with Gasteiger partial charge in [-0.05, 0) is 197 Å². The normalized spacial score (nSPS) is 15.6. The van der Waals surface area contributed by atoms with E-state index in [1.54, 1.807) is 0 Å². The Bertz CT molecular complexity index is 4990. The minimum Gasteiger partial charge on any atom is -0.454 e. The van der Waals surface area contributed by atoms with E-state index in [0.29, 0.717) is 11.8 Å². The van der Waals surface area contributed by atoms with Crippen molar-refractivity contribution < 1.29 is 8.83 Å². The smallest absolute Gasteiger partial charge is 0.159 e. The molecule has 4 nitrogen and oxygen atoms in total. The van der Waals surface area contributed by atoms with Gasteiger partial charge in [-0.15, -0.1) is 0 Å². The lowest BCUT2D eigenvalue weighted by molar-refractivity contribution is 0.442. The molecule has 0 radical (unpaired) electrons. The van der Waals surface area contributed by atoms with Gasteiger partial charge >= 0.3 is 0 Å². The van der Waals surface area contributed by atoms with Crippen molar-refractivity contribution in [3.63, 3.8) is 0 Å². The van der Waals surface area contributed by atoms with Crippen LogP contribution in [0, 0.1) is 0 Å². The summed E-state index contributed by atoms with van der Waals surface area (Å²) in [6.45, 7) is 14.1. The molecule has 93 heavy (non-hydrogen) atoms. The summed E-state index contributed by atoms with van der Waals surface area (Å²) in [4.78, 5) is 4.86. The predicted octanol–water partition coefficient (Wildman–Crippen LogP) is 25.8. The van der Waals surface area contributed by atoms with Crippen LogP contribution in [0.15, 0.2) is 239 Å². The molecule has 4 aliphatic carbocycles. The van der Waals surface area contributed by atoms with Gasteiger partial charge in [-0.2, -0.15) is 0 Å². The Kier molecular flexibility index (Phi) is 12.8. The molecule has 4 aliphatic rings. The van der Waals surface area contributed by atoms with E-state index in [1.807, 2.05) is 0 Å². The van der Waals surface area contributed by atoms with Gasteiger partial charge in [-0.25, -0.2) is 0 Å². The Balaban J connectivity index is 0.857. The summed E-state index contributed by atoms with van der Waals surface area (Å²) in [7, 11) is 0. The summed E-state index contributed by atoms with van der Waals surface area (Å²) in [6, 6.07) is 88.1. The predicted molar refractivity (Wildman–Crippen MR) is 391 cm³/mol. The summed E-state index contributed by atoms with van der Waals surface area (Å²) < 4.78 is 14.5. The first-order valence-corrected chi connectivity index (χ1v) is 34.4. The average molecular weight is 1210 g/mol. The van der Waals surface area contributed by atoms with Gasteiger partial charge in [0.2, 0.25) is 0 Å². The molecule has 0 N–H and O–H groups in total. The zero-order valence-electron chi connectivity index (χ0n) is 54.4. The summed E-state index contributed by atoms with van der Waals surface area (Å²) in [5.41, 5.74) is 25.5. The molecular formula is C89H78N2O2. The van der Waals surface area contributed by atoms with Gasteiger partial charge in [-0.1, -0.05) is 250 Å². The third-order valence-corrected chi connectivity index (χ3v) is 22.1. The van der Waals surface area contributed by atoms with Crippen LogP contribution < -0.4 is 9.80 Å². The number of furan rings is 2. The quantitative estimate of drug-likeness (QED) is 0.152. The van der Waals surface area contributed by atoms with Crippen molar-refractivity contribution in [2.75, 3.05) is 9.80 Å². The minimum atomic E-state index is -0.672. The number of nitrogens with zero attached hydrogens (tertiary/aromatic N) is 2. The number of rotatable bonds is 8. The second kappa shape index (κ2) is 21.2. The van der Waals surface area contributed by atoms with Crippen molar-refractivity contribution in [2.45, 2.75) is 134 Å². The highest BCUT2D eigenvalue weighted by Crippen LogP contribution is 2.66. The fourth-order valence-electron chi connectivity index (χ4n) is 17.6. The van der Waals surface area contributed by atoms with Gasteiger partial charge in [-0.3, -0.25) is 0 Å². The highest BCUT2D eigenvalue weighted by molar-refractivity contribution is 6.15. The molecular weight excluding hydrogens is 1130 g/mol. The molecule has 1 spiro atoms. The molecule has 2 saturated carbocycles. The van der Waals surface area contributed by atoms with E-state index in [2.05, 4.69) is 282 Å². The van der Waals surface area contributed by atoms with Gasteiger partial charge in [0, 0.05) is 44.3 Å². The number of benzene rings is 12. The van der Waals surface area contributed by atoms with E-state index in [4.69, 9.17) is 8.83 Å². The second-order valence-corrected chi connectivity index (χ2v) is 29.5. The first-order chi connectivity index (χ1) is 45.4. The number of para-hydroxylation sites is 6. The van der Waals surface area contributed by atoms with Crippen LogP contribution in [0.5, 0.6) is 0 Å². The lowest BCUT2D eigenvalue weighted by atomic mass is 9.68. The first kappa shape index (κ1) is 56.1. The molecule has 0 aliphatic heterocycles. The van der Waals surface area contributed by atoms with E-state index >= 15 is 0 Å². The van der Waals surface area contributed by atoms with Gasteiger partial charge in [0.15, 0.2) is 11.2 Å². The van der Waals surface area contributed by atoms with Gasteiger partial charge in [0.1, 0.15) is 11.2 Å². The maximum Gasteiger partial charge on any atom is 0.159 e. The van der Waals surface area contributed by atoms with Crippen molar-refractivity contribution in [1.82, 2.24) is 0 Å². The topological polar surface area (TPSA) is 32.8 Å². The van der Waals surface area contributed by atoms with Crippen LogP contribution in [0.25, 0.3) is 87.7 Å². The molecule has 2 aromatic heterocycles. The first-order valence-electron chi connectivity index (χ1n) is 34.4. The van der Waals surface area contributed by atoms with Crippen LogP contribution >= 0.6 is 0 Å². The van der Waals surface area contributed by atoms with Crippen LogP contribution in [-0.4, -0.2) is 0 Å². The molecule has 0 bridgehead atoms. The maximum atomic E-state index is 7.27. The minimum absolute atomic E-state index is 0.0612. The summed E-state index contributed by atoms with van der Waals surface area (Å²) in [5.74, 6) is 1.03. The van der Waals surface area contributed by atoms with Crippen molar-refractivity contribution in [3.8, 4) is 22.3 Å². The number of fused-ring (bicyclic) bond motifs is 20. The van der Waals surface area contributed by atoms with E-state index in [-0.39, 0.29) is 10.8 Å². The molecule has 12 aromatic carbocycles. The van der Waals surface area contributed by atoms with Crippen LogP contribution in [0.2, 0.25) is 0 Å². The molecule has 0 unspecified atom stereocenters. The largest absolute Gasteiger partial charge is 0.454 e. The fraction of sp³-hybridized carbons (Fsp3) is 0.236. The van der Waals surface area contributed by atoms with E-state index in [1.165, 1.54) is 163 Å². The average Bonchev–Trinajstić information content (AvgIpc) is 1.50. The maximum absolute atomic E-state index is 7.27. The monoisotopic (exact) mass is 1210 g/mol. The lowest BCUT2D eigenvalue weighted by Crippen LogP contribution is -2.27. The molecule has 4 heteroatoms. The molecule has 18 rings (SSSR count). The Morgan fingerprint density at radius 2 is 0.720 bits per heavy atom. The molecule has 2 heterocycles. The number of hydrogen-bond acceptors (Lipinski definition) is 4. The molecule has 0 amide bonds. The Morgan fingerprint density at radius 3 is 1.13 bits per heavy atom. The molecule has 2 fully saturated rings. The zero-order chi connectivity index (χ0) is 62.5. The Labute approximate surface area is 546 Å². The van der Waals surface area contributed by atoms with E-state index in [0.717, 1.165) is 67.2 Å². The lowest BCUT2D eigenvalue weighted by Gasteiger charge is -2.33. The van der Waals surface area contributed by atoms with Crippen molar-refractivity contribution in [3.05, 3.63) is 275 Å². The molecule has 456 valence electrons. The third-order valence-electron chi connectivity index (χ3n) is 22.1. The highest BCUT2D eigenvalue weighted by Gasteiger charge is 2.54. The van der Waals surface area contributed by atoms with Gasteiger partial charge in [0.25, 0.3) is 0 Å². The molecule has 14 aromatic rings. The summed E-state index contributed by atoms with van der Waals surface area (Å²) in [5, 5.41) is 9.60. The van der Waals surface area contributed by atoms with E-state index in [9.17, 15) is 0 Å².